The van der Waals surface area contributed by atoms with Crippen molar-refractivity contribution in [2.24, 2.45) is 5.92 Å². The molecular weight excluding hydrogens is 296 g/mol. The molecule has 2 aromatic rings. The molecule has 1 saturated heterocycles. The smallest absolute Gasteiger partial charge is 0.227 e. The normalized spacial score (nSPS) is 17.3. The molecule has 0 aliphatic carbocycles. The summed E-state index contributed by atoms with van der Waals surface area (Å²) in [6.07, 6.45) is 1.76. The summed E-state index contributed by atoms with van der Waals surface area (Å²) in [5.74, 6) is 0.712. The number of hydrogen-bond donors (Lipinski definition) is 1. The van der Waals surface area contributed by atoms with E-state index in [1.165, 1.54) is 0 Å². The van der Waals surface area contributed by atoms with Crippen LogP contribution in [0.3, 0.4) is 0 Å². The van der Waals surface area contributed by atoms with Crippen LogP contribution in [0.5, 0.6) is 5.75 Å². The van der Waals surface area contributed by atoms with Gasteiger partial charge in [0.25, 0.3) is 0 Å². The Balaban J connectivity index is 1.66. The van der Waals surface area contributed by atoms with Gasteiger partial charge in [0.05, 0.1) is 31.5 Å². The van der Waals surface area contributed by atoms with E-state index in [0.717, 1.165) is 0 Å². The molecule has 1 aromatic carbocycles. The number of carbonyl (C=O) groups excluding carboxylic acids is 2. The molecule has 1 aromatic heterocycles. The number of methoxy groups -OCH3 is 1. The van der Waals surface area contributed by atoms with Crippen molar-refractivity contribution in [1.29, 1.82) is 0 Å². The second-order valence-corrected chi connectivity index (χ2v) is 5.37. The highest BCUT2D eigenvalue weighted by molar-refractivity contribution is 6.01. The summed E-state index contributed by atoms with van der Waals surface area (Å²) in [6, 6.07) is 10.9. The third-order valence-corrected chi connectivity index (χ3v) is 3.89. The van der Waals surface area contributed by atoms with Gasteiger partial charge in [-0.05, 0) is 24.3 Å². The Bertz CT molecular complexity index is 696. The minimum Gasteiger partial charge on any atom is -0.495 e. The van der Waals surface area contributed by atoms with Gasteiger partial charge in [0.15, 0.2) is 0 Å². The molecule has 2 amide bonds. The highest BCUT2D eigenvalue weighted by Crippen LogP contribution is 2.32. The zero-order valence-corrected chi connectivity index (χ0v) is 12.8. The predicted octanol–water partition coefficient (Wildman–Crippen LogP) is 1.96. The van der Waals surface area contributed by atoms with Gasteiger partial charge in [-0.3, -0.25) is 9.59 Å². The summed E-state index contributed by atoms with van der Waals surface area (Å²) in [5.41, 5.74) is 0.696. The van der Waals surface area contributed by atoms with Crippen LogP contribution in [0.25, 0.3) is 0 Å². The number of nitrogens with zero attached hydrogens (tertiary/aromatic N) is 1. The number of benzene rings is 1. The van der Waals surface area contributed by atoms with Crippen LogP contribution in [0, 0.1) is 5.92 Å². The van der Waals surface area contributed by atoms with Gasteiger partial charge in [-0.15, -0.1) is 0 Å². The van der Waals surface area contributed by atoms with Crippen molar-refractivity contribution < 1.29 is 18.7 Å². The standard InChI is InChI=1S/C17H18N2O4/c1-22-15-7-3-2-6-14(15)19-11-12(9-16(19)20)17(21)18-10-13-5-4-8-23-13/h2-8,12H,9-11H2,1H3,(H,18,21). The third-order valence-electron chi connectivity index (χ3n) is 3.89. The average molecular weight is 314 g/mol. The van der Waals surface area contributed by atoms with Crippen LogP contribution < -0.4 is 15.0 Å². The Morgan fingerprint density at radius 1 is 1.35 bits per heavy atom. The lowest BCUT2D eigenvalue weighted by Crippen LogP contribution is -2.32. The van der Waals surface area contributed by atoms with Gasteiger partial charge >= 0.3 is 0 Å². The highest BCUT2D eigenvalue weighted by atomic mass is 16.5. The topological polar surface area (TPSA) is 71.8 Å². The fraction of sp³-hybridized carbons (Fsp3) is 0.294. The number of nitrogens with one attached hydrogen (secondary N) is 1. The molecule has 1 aliphatic heterocycles. The SMILES string of the molecule is COc1ccccc1N1CC(C(=O)NCc2ccco2)CC1=O. The fourth-order valence-corrected chi connectivity index (χ4v) is 2.70. The number of ether oxygens (including phenoxy) is 1. The maximum Gasteiger partial charge on any atom is 0.227 e. The lowest BCUT2D eigenvalue weighted by atomic mass is 10.1. The molecule has 0 bridgehead atoms. The van der Waals surface area contributed by atoms with E-state index < -0.39 is 0 Å². The lowest BCUT2D eigenvalue weighted by Gasteiger charge is -2.19. The van der Waals surface area contributed by atoms with Gasteiger partial charge < -0.3 is 19.4 Å². The first-order valence-corrected chi connectivity index (χ1v) is 7.42. The number of furan rings is 1. The summed E-state index contributed by atoms with van der Waals surface area (Å²) >= 11 is 0. The van der Waals surface area contributed by atoms with Crippen LogP contribution in [0.15, 0.2) is 47.1 Å². The van der Waals surface area contributed by atoms with E-state index in [4.69, 9.17) is 9.15 Å². The van der Waals surface area contributed by atoms with Crippen molar-refractivity contribution in [3.63, 3.8) is 0 Å². The number of carbonyl (C=O) groups is 2. The predicted molar refractivity (Wildman–Crippen MR) is 84.0 cm³/mol. The van der Waals surface area contributed by atoms with Crippen LogP contribution in [0.4, 0.5) is 5.69 Å². The van der Waals surface area contributed by atoms with Gasteiger partial charge in [0.1, 0.15) is 11.5 Å². The van der Waals surface area contributed by atoms with Gasteiger partial charge in [-0.1, -0.05) is 12.1 Å². The van der Waals surface area contributed by atoms with Crippen LogP contribution in [0.2, 0.25) is 0 Å². The molecule has 6 nitrogen and oxygen atoms in total. The van der Waals surface area contributed by atoms with Crippen molar-refractivity contribution >= 4 is 17.5 Å². The quantitative estimate of drug-likeness (QED) is 0.916. The lowest BCUT2D eigenvalue weighted by molar-refractivity contribution is -0.126. The first-order chi connectivity index (χ1) is 11.2. The Hall–Kier alpha value is -2.76. The molecule has 1 fully saturated rings. The summed E-state index contributed by atoms with van der Waals surface area (Å²) in [6.45, 7) is 0.675. The maximum atomic E-state index is 12.3. The van der Waals surface area contributed by atoms with Crippen molar-refractivity contribution in [2.75, 3.05) is 18.6 Å². The third kappa shape index (κ3) is 3.21. The van der Waals surface area contributed by atoms with Crippen molar-refractivity contribution in [3.8, 4) is 5.75 Å². The molecular formula is C17H18N2O4. The first kappa shape index (κ1) is 15.1. The fourth-order valence-electron chi connectivity index (χ4n) is 2.70. The maximum absolute atomic E-state index is 12.3. The minimum atomic E-state index is -0.373. The monoisotopic (exact) mass is 314 g/mol. The van der Waals surface area contributed by atoms with E-state index in [1.807, 2.05) is 18.2 Å². The Kier molecular flexibility index (Phi) is 4.32. The second kappa shape index (κ2) is 6.56. The van der Waals surface area contributed by atoms with Gasteiger partial charge in [0.2, 0.25) is 11.8 Å². The van der Waals surface area contributed by atoms with Crippen LogP contribution in [-0.4, -0.2) is 25.5 Å². The molecule has 1 atom stereocenters. The molecule has 0 saturated carbocycles. The minimum absolute atomic E-state index is 0.0763. The molecule has 0 spiro atoms. The van der Waals surface area contributed by atoms with E-state index in [-0.39, 0.29) is 24.2 Å². The number of hydrogen-bond acceptors (Lipinski definition) is 4. The number of anilines is 1. The van der Waals surface area contributed by atoms with E-state index in [9.17, 15) is 9.59 Å². The number of rotatable bonds is 5. The van der Waals surface area contributed by atoms with Gasteiger partial charge in [0, 0.05) is 13.0 Å². The summed E-state index contributed by atoms with van der Waals surface area (Å²) in [4.78, 5) is 26.1. The Morgan fingerprint density at radius 2 is 2.17 bits per heavy atom. The van der Waals surface area contributed by atoms with Crippen molar-refractivity contribution in [2.45, 2.75) is 13.0 Å². The van der Waals surface area contributed by atoms with Crippen LogP contribution >= 0.6 is 0 Å². The van der Waals surface area contributed by atoms with Gasteiger partial charge in [-0.25, -0.2) is 0 Å². The molecule has 1 N–H and O–H groups in total. The van der Waals surface area contributed by atoms with Crippen LogP contribution in [-0.2, 0) is 16.1 Å². The molecule has 3 rings (SSSR count). The molecule has 1 aliphatic rings. The van der Waals surface area contributed by atoms with E-state index in [1.54, 1.807) is 36.5 Å². The van der Waals surface area contributed by atoms with Crippen LogP contribution in [0.1, 0.15) is 12.2 Å². The van der Waals surface area contributed by atoms with E-state index in [0.29, 0.717) is 30.3 Å². The largest absolute Gasteiger partial charge is 0.495 e. The summed E-state index contributed by atoms with van der Waals surface area (Å²) < 4.78 is 10.5. The zero-order chi connectivity index (χ0) is 16.2. The zero-order valence-electron chi connectivity index (χ0n) is 12.8. The molecule has 23 heavy (non-hydrogen) atoms. The molecule has 1 unspecified atom stereocenters. The highest BCUT2D eigenvalue weighted by Gasteiger charge is 2.36. The van der Waals surface area contributed by atoms with Crippen molar-refractivity contribution in [3.05, 3.63) is 48.4 Å². The molecule has 6 heteroatoms. The van der Waals surface area contributed by atoms with E-state index >= 15 is 0 Å². The molecule has 0 radical (unpaired) electrons. The first-order valence-electron chi connectivity index (χ1n) is 7.42. The number of amides is 2. The Morgan fingerprint density at radius 3 is 2.91 bits per heavy atom. The van der Waals surface area contributed by atoms with Gasteiger partial charge in [-0.2, -0.15) is 0 Å². The molecule has 2 heterocycles. The molecule has 120 valence electrons. The summed E-state index contributed by atoms with van der Waals surface area (Å²) in [7, 11) is 1.56. The average Bonchev–Trinajstić information content (AvgIpc) is 3.22. The van der Waals surface area contributed by atoms with Crippen molar-refractivity contribution in [1.82, 2.24) is 5.32 Å². The number of para-hydroxylation sites is 2. The second-order valence-electron chi connectivity index (χ2n) is 5.37. The van der Waals surface area contributed by atoms with E-state index in [2.05, 4.69) is 5.32 Å². The summed E-state index contributed by atoms with van der Waals surface area (Å²) in [5, 5.41) is 2.81. The Labute approximate surface area is 134 Å².